The Morgan fingerprint density at radius 2 is 1.13 bits per heavy atom. The maximum absolute atomic E-state index is 6.51. The lowest BCUT2D eigenvalue weighted by Crippen LogP contribution is -2.15. The van der Waals surface area contributed by atoms with E-state index < -0.39 is 0 Å². The quantitative estimate of drug-likeness (QED) is 0.205. The Bertz CT molecular complexity index is 2380. The lowest BCUT2D eigenvalue weighted by molar-refractivity contribution is 0.620. The summed E-state index contributed by atoms with van der Waals surface area (Å²) in [5.74, 6) is 0.718. The van der Waals surface area contributed by atoms with Crippen LogP contribution in [-0.4, -0.2) is 9.97 Å². The maximum atomic E-state index is 6.51. The molecule has 0 fully saturated rings. The van der Waals surface area contributed by atoms with Crippen LogP contribution in [0.25, 0.3) is 78.1 Å². The first-order valence-corrected chi connectivity index (χ1v) is 15.7. The van der Waals surface area contributed by atoms with Gasteiger partial charge in [0.15, 0.2) is 5.82 Å². The fraction of sp³-hybridized carbons (Fsp3) is 0.0698. The number of hydrogen-bond donors (Lipinski definition) is 0. The molecule has 3 heteroatoms. The predicted octanol–water partition coefficient (Wildman–Crippen LogP) is 11.4. The van der Waals surface area contributed by atoms with Gasteiger partial charge >= 0.3 is 0 Å². The molecular weight excluding hydrogens is 560 g/mol. The van der Waals surface area contributed by atoms with Gasteiger partial charge in [-0.15, -0.1) is 0 Å². The van der Waals surface area contributed by atoms with Crippen LogP contribution < -0.4 is 0 Å². The van der Waals surface area contributed by atoms with Crippen molar-refractivity contribution in [2.45, 2.75) is 19.3 Å². The average Bonchev–Trinajstić information content (AvgIpc) is 3.60. The number of furan rings is 1. The van der Waals surface area contributed by atoms with Gasteiger partial charge in [-0.05, 0) is 58.1 Å². The molecule has 2 heterocycles. The van der Waals surface area contributed by atoms with Crippen molar-refractivity contribution in [2.75, 3.05) is 0 Å². The molecule has 0 atom stereocenters. The minimum Gasteiger partial charge on any atom is -0.456 e. The topological polar surface area (TPSA) is 38.9 Å². The van der Waals surface area contributed by atoms with E-state index in [-0.39, 0.29) is 5.41 Å². The van der Waals surface area contributed by atoms with Crippen LogP contribution in [0.4, 0.5) is 0 Å². The van der Waals surface area contributed by atoms with E-state index in [1.807, 2.05) is 42.5 Å². The minimum atomic E-state index is -0.179. The van der Waals surface area contributed by atoms with Crippen molar-refractivity contribution >= 4 is 21.9 Å². The number of aromatic nitrogens is 2. The largest absolute Gasteiger partial charge is 0.456 e. The fourth-order valence-electron chi connectivity index (χ4n) is 7.19. The van der Waals surface area contributed by atoms with Crippen molar-refractivity contribution in [3.8, 4) is 56.2 Å². The molecule has 8 aromatic rings. The Labute approximate surface area is 267 Å². The number of hydrogen-bond acceptors (Lipinski definition) is 3. The molecule has 9 rings (SSSR count). The van der Waals surface area contributed by atoms with Crippen LogP contribution in [0, 0.1) is 0 Å². The highest BCUT2D eigenvalue weighted by molar-refractivity contribution is 6.09. The second-order valence-corrected chi connectivity index (χ2v) is 12.6. The molecule has 1 aliphatic carbocycles. The SMILES string of the molecule is CC1(C)c2ccc(-c3cccc(-c4cc(-c5ccccc5)nc(-c5ccccc5)n4)c3)cc2-c2ccc3c(oc4ccccc43)c21. The molecule has 0 bridgehead atoms. The van der Waals surface area contributed by atoms with Crippen LogP contribution in [0.1, 0.15) is 25.0 Å². The molecule has 0 N–H and O–H groups in total. The molecule has 6 aromatic carbocycles. The normalized spacial score (nSPS) is 13.2. The summed E-state index contributed by atoms with van der Waals surface area (Å²) in [4.78, 5) is 10.0. The predicted molar refractivity (Wildman–Crippen MR) is 189 cm³/mol. The smallest absolute Gasteiger partial charge is 0.160 e. The Morgan fingerprint density at radius 3 is 1.93 bits per heavy atom. The Balaban J connectivity index is 1.17. The molecule has 0 amide bonds. The average molecular weight is 591 g/mol. The Hall–Kier alpha value is -5.80. The number of fused-ring (bicyclic) bond motifs is 7. The number of rotatable bonds is 4. The number of nitrogens with zero attached hydrogens (tertiary/aromatic N) is 2. The molecule has 0 radical (unpaired) electrons. The first-order chi connectivity index (χ1) is 22.5. The molecule has 46 heavy (non-hydrogen) atoms. The van der Waals surface area contributed by atoms with Gasteiger partial charge in [-0.2, -0.15) is 0 Å². The van der Waals surface area contributed by atoms with Gasteiger partial charge in [0, 0.05) is 38.4 Å². The van der Waals surface area contributed by atoms with Crippen molar-refractivity contribution in [3.63, 3.8) is 0 Å². The highest BCUT2D eigenvalue weighted by atomic mass is 16.3. The number of benzene rings is 6. The fourth-order valence-corrected chi connectivity index (χ4v) is 7.19. The molecule has 0 aliphatic heterocycles. The second-order valence-electron chi connectivity index (χ2n) is 12.6. The molecule has 3 nitrogen and oxygen atoms in total. The first-order valence-electron chi connectivity index (χ1n) is 15.7. The second kappa shape index (κ2) is 10.1. The molecule has 218 valence electrons. The maximum Gasteiger partial charge on any atom is 0.160 e. The van der Waals surface area contributed by atoms with E-state index >= 15 is 0 Å². The van der Waals surface area contributed by atoms with Crippen molar-refractivity contribution in [1.82, 2.24) is 9.97 Å². The van der Waals surface area contributed by atoms with Crippen LogP contribution in [0.5, 0.6) is 0 Å². The number of para-hydroxylation sites is 1. The third kappa shape index (κ3) is 4.13. The summed E-state index contributed by atoms with van der Waals surface area (Å²) >= 11 is 0. The van der Waals surface area contributed by atoms with Crippen LogP contribution in [0.2, 0.25) is 0 Å². The Kier molecular flexibility index (Phi) is 5.85. The standard InChI is InChI=1S/C43H30N2O/c1-43(2)36-23-20-30(25-35(36)33-21-22-34-32-18-9-10-19-39(32)46-41(34)40(33)43)29-16-11-17-31(24-29)38-26-37(27-12-5-3-6-13-27)44-42(45-38)28-14-7-4-8-15-28/h3-26H,1-2H3. The summed E-state index contributed by atoms with van der Waals surface area (Å²) < 4.78 is 6.51. The summed E-state index contributed by atoms with van der Waals surface area (Å²) in [6, 6.07) is 51.1. The van der Waals surface area contributed by atoms with E-state index in [0.717, 1.165) is 50.6 Å². The third-order valence-electron chi connectivity index (χ3n) is 9.47. The minimum absolute atomic E-state index is 0.179. The van der Waals surface area contributed by atoms with E-state index in [1.54, 1.807) is 0 Å². The van der Waals surface area contributed by atoms with Gasteiger partial charge in [-0.1, -0.05) is 129 Å². The van der Waals surface area contributed by atoms with Crippen molar-refractivity contribution in [2.24, 2.45) is 0 Å². The monoisotopic (exact) mass is 590 g/mol. The highest BCUT2D eigenvalue weighted by Gasteiger charge is 2.38. The molecule has 1 aliphatic rings. The molecule has 0 saturated heterocycles. The third-order valence-corrected chi connectivity index (χ3v) is 9.47. The molecular formula is C43H30N2O. The van der Waals surface area contributed by atoms with E-state index in [4.69, 9.17) is 14.4 Å². The van der Waals surface area contributed by atoms with Gasteiger partial charge in [-0.3, -0.25) is 0 Å². The lowest BCUT2D eigenvalue weighted by atomic mass is 9.81. The summed E-state index contributed by atoms with van der Waals surface area (Å²) in [5.41, 5.74) is 14.1. The van der Waals surface area contributed by atoms with E-state index in [9.17, 15) is 0 Å². The van der Waals surface area contributed by atoms with Gasteiger partial charge in [-0.25, -0.2) is 9.97 Å². The molecule has 0 unspecified atom stereocenters. The summed E-state index contributed by atoms with van der Waals surface area (Å²) in [6.07, 6.45) is 0. The molecule has 0 spiro atoms. The van der Waals surface area contributed by atoms with Crippen molar-refractivity contribution in [3.05, 3.63) is 157 Å². The summed E-state index contributed by atoms with van der Waals surface area (Å²) in [6.45, 7) is 4.63. The van der Waals surface area contributed by atoms with Crippen LogP contribution in [0.15, 0.2) is 150 Å². The van der Waals surface area contributed by atoms with Gasteiger partial charge < -0.3 is 4.42 Å². The van der Waals surface area contributed by atoms with E-state index in [0.29, 0.717) is 0 Å². The Morgan fingerprint density at radius 1 is 0.478 bits per heavy atom. The lowest BCUT2D eigenvalue weighted by Gasteiger charge is -2.21. The van der Waals surface area contributed by atoms with Gasteiger partial charge in [0.2, 0.25) is 0 Å². The van der Waals surface area contributed by atoms with E-state index in [2.05, 4.69) is 117 Å². The van der Waals surface area contributed by atoms with E-state index in [1.165, 1.54) is 38.6 Å². The van der Waals surface area contributed by atoms with Crippen LogP contribution >= 0.6 is 0 Å². The first kappa shape index (κ1) is 26.6. The van der Waals surface area contributed by atoms with Gasteiger partial charge in [0.25, 0.3) is 0 Å². The zero-order valence-corrected chi connectivity index (χ0v) is 25.7. The highest BCUT2D eigenvalue weighted by Crippen LogP contribution is 2.53. The molecule has 0 saturated carbocycles. The molecule has 2 aromatic heterocycles. The van der Waals surface area contributed by atoms with Gasteiger partial charge in [0.1, 0.15) is 11.2 Å². The van der Waals surface area contributed by atoms with Crippen LogP contribution in [-0.2, 0) is 5.41 Å². The zero-order valence-electron chi connectivity index (χ0n) is 25.7. The van der Waals surface area contributed by atoms with Gasteiger partial charge in [0.05, 0.1) is 11.4 Å². The summed E-state index contributed by atoms with van der Waals surface area (Å²) in [5, 5.41) is 2.35. The van der Waals surface area contributed by atoms with Crippen LogP contribution in [0.3, 0.4) is 0 Å². The summed E-state index contributed by atoms with van der Waals surface area (Å²) in [7, 11) is 0. The van der Waals surface area contributed by atoms with Crippen molar-refractivity contribution < 1.29 is 4.42 Å². The zero-order chi connectivity index (χ0) is 30.8. The van der Waals surface area contributed by atoms with Crippen molar-refractivity contribution in [1.29, 1.82) is 0 Å².